The number of non-ortho nitro benzene ring substituents is 1. The van der Waals surface area contributed by atoms with Gasteiger partial charge in [-0.05, 0) is 19.4 Å². The van der Waals surface area contributed by atoms with E-state index in [-0.39, 0.29) is 17.7 Å². The maximum absolute atomic E-state index is 12.1. The van der Waals surface area contributed by atoms with E-state index >= 15 is 0 Å². The third-order valence-corrected chi connectivity index (χ3v) is 3.52. The molecule has 1 aromatic carbocycles. The predicted octanol–water partition coefficient (Wildman–Crippen LogP) is 1.77. The van der Waals surface area contributed by atoms with Gasteiger partial charge in [-0.3, -0.25) is 19.7 Å². The first-order valence-electron chi connectivity index (χ1n) is 6.85. The van der Waals surface area contributed by atoms with Gasteiger partial charge in [0.1, 0.15) is 5.82 Å². The number of aryl methyl sites for hydroxylation is 1. The average Bonchev–Trinajstić information content (AvgIpc) is 2.46. The van der Waals surface area contributed by atoms with Crippen molar-refractivity contribution in [2.75, 3.05) is 0 Å². The van der Waals surface area contributed by atoms with E-state index in [1.807, 2.05) is 0 Å². The third-order valence-electron chi connectivity index (χ3n) is 3.52. The second-order valence-corrected chi connectivity index (χ2v) is 5.17. The largest absolute Gasteiger partial charge is 0.481 e. The number of nitrogens with zero attached hydrogens (tertiary/aromatic N) is 2. The zero-order chi connectivity index (χ0) is 17.1. The molecule has 1 unspecified atom stereocenters. The molecular weight excluding hydrogens is 302 g/mol. The van der Waals surface area contributed by atoms with Crippen LogP contribution >= 0.6 is 0 Å². The molecule has 0 radical (unpaired) electrons. The first-order valence-corrected chi connectivity index (χ1v) is 6.85. The fourth-order valence-corrected chi connectivity index (χ4v) is 2.30. The fraction of sp³-hybridized carbons (Fsp3) is 0.267. The van der Waals surface area contributed by atoms with Crippen molar-refractivity contribution in [1.29, 1.82) is 0 Å². The Bertz CT molecular complexity index is 811. The monoisotopic (exact) mass is 317 g/mol. The number of hydrogen-bond acceptors (Lipinski definition) is 5. The first-order chi connectivity index (χ1) is 10.8. The Morgan fingerprint density at radius 3 is 2.48 bits per heavy atom. The van der Waals surface area contributed by atoms with Crippen molar-refractivity contribution >= 4 is 11.7 Å². The summed E-state index contributed by atoms with van der Waals surface area (Å²) in [6.07, 6.45) is 0.288. The Kier molecular flexibility index (Phi) is 4.54. The molecule has 0 aliphatic heterocycles. The molecule has 0 aliphatic carbocycles. The maximum atomic E-state index is 12.1. The van der Waals surface area contributed by atoms with E-state index in [0.717, 1.165) is 5.56 Å². The van der Waals surface area contributed by atoms with Crippen molar-refractivity contribution in [3.63, 3.8) is 0 Å². The SMILES string of the molecule is Cc1nc(Cc2ccc([N+](=O)[O-])cc2)[nH]c(=O)c1C(C)C(=O)O. The molecule has 0 saturated heterocycles. The van der Waals surface area contributed by atoms with Crippen LogP contribution in [-0.4, -0.2) is 26.0 Å². The highest BCUT2D eigenvalue weighted by Crippen LogP contribution is 2.16. The molecule has 1 atom stereocenters. The predicted molar refractivity (Wildman–Crippen MR) is 81.5 cm³/mol. The topological polar surface area (TPSA) is 126 Å². The van der Waals surface area contributed by atoms with Gasteiger partial charge in [0, 0.05) is 24.2 Å². The van der Waals surface area contributed by atoms with Gasteiger partial charge in [0.05, 0.1) is 16.4 Å². The number of benzene rings is 1. The second kappa shape index (κ2) is 6.39. The molecule has 8 nitrogen and oxygen atoms in total. The zero-order valence-electron chi connectivity index (χ0n) is 12.6. The summed E-state index contributed by atoms with van der Waals surface area (Å²) in [5, 5.41) is 19.6. The van der Waals surface area contributed by atoms with Gasteiger partial charge in [-0.2, -0.15) is 0 Å². The summed E-state index contributed by atoms with van der Waals surface area (Å²) in [6.45, 7) is 3.01. The van der Waals surface area contributed by atoms with Gasteiger partial charge in [-0.1, -0.05) is 12.1 Å². The van der Waals surface area contributed by atoms with Crippen LogP contribution < -0.4 is 5.56 Å². The van der Waals surface area contributed by atoms with E-state index in [0.29, 0.717) is 11.5 Å². The molecule has 0 bridgehead atoms. The molecule has 23 heavy (non-hydrogen) atoms. The molecular formula is C15H15N3O5. The van der Waals surface area contributed by atoms with Gasteiger partial charge in [0.25, 0.3) is 11.2 Å². The molecule has 0 aliphatic rings. The Morgan fingerprint density at radius 2 is 2.00 bits per heavy atom. The molecule has 2 N–H and O–H groups in total. The van der Waals surface area contributed by atoms with Gasteiger partial charge in [-0.25, -0.2) is 4.98 Å². The lowest BCUT2D eigenvalue weighted by molar-refractivity contribution is -0.384. The molecule has 0 amide bonds. The minimum absolute atomic E-state index is 0.0167. The van der Waals surface area contributed by atoms with Crippen LogP contribution in [0.2, 0.25) is 0 Å². The highest BCUT2D eigenvalue weighted by molar-refractivity contribution is 5.75. The number of aromatic amines is 1. The highest BCUT2D eigenvalue weighted by Gasteiger charge is 2.21. The fourth-order valence-electron chi connectivity index (χ4n) is 2.30. The van der Waals surface area contributed by atoms with Crippen LogP contribution in [0.4, 0.5) is 5.69 Å². The number of aliphatic carboxylic acids is 1. The number of hydrogen-bond donors (Lipinski definition) is 2. The molecule has 2 aromatic rings. The smallest absolute Gasteiger partial charge is 0.310 e. The Hall–Kier alpha value is -3.03. The van der Waals surface area contributed by atoms with Gasteiger partial charge >= 0.3 is 5.97 Å². The number of nitro groups is 1. The maximum Gasteiger partial charge on any atom is 0.310 e. The Morgan fingerprint density at radius 1 is 1.39 bits per heavy atom. The van der Waals surface area contributed by atoms with Crippen molar-refractivity contribution in [3.05, 3.63) is 67.4 Å². The number of nitro benzene ring substituents is 1. The number of rotatable bonds is 5. The van der Waals surface area contributed by atoms with Crippen LogP contribution in [0.5, 0.6) is 0 Å². The van der Waals surface area contributed by atoms with Crippen LogP contribution in [0.25, 0.3) is 0 Å². The summed E-state index contributed by atoms with van der Waals surface area (Å²) in [6, 6.07) is 5.92. The Labute approximate surface area is 131 Å². The van der Waals surface area contributed by atoms with Crippen molar-refractivity contribution < 1.29 is 14.8 Å². The van der Waals surface area contributed by atoms with Crippen molar-refractivity contribution in [1.82, 2.24) is 9.97 Å². The third kappa shape index (κ3) is 3.60. The average molecular weight is 317 g/mol. The lowest BCUT2D eigenvalue weighted by Crippen LogP contribution is -2.24. The number of carbonyl (C=O) groups is 1. The van der Waals surface area contributed by atoms with Crippen LogP contribution in [0.1, 0.15) is 35.5 Å². The van der Waals surface area contributed by atoms with Crippen LogP contribution in [0.15, 0.2) is 29.1 Å². The van der Waals surface area contributed by atoms with Gasteiger partial charge < -0.3 is 10.1 Å². The van der Waals surface area contributed by atoms with E-state index in [2.05, 4.69) is 9.97 Å². The number of carboxylic acid groups (broad SMARTS) is 1. The normalized spacial score (nSPS) is 11.9. The zero-order valence-corrected chi connectivity index (χ0v) is 12.6. The number of H-pyrrole nitrogens is 1. The van der Waals surface area contributed by atoms with Gasteiger partial charge in [0.2, 0.25) is 0 Å². The van der Waals surface area contributed by atoms with E-state index in [1.165, 1.54) is 19.1 Å². The van der Waals surface area contributed by atoms with Crippen LogP contribution in [0, 0.1) is 17.0 Å². The van der Waals surface area contributed by atoms with Crippen molar-refractivity contribution in [3.8, 4) is 0 Å². The van der Waals surface area contributed by atoms with Crippen molar-refractivity contribution in [2.45, 2.75) is 26.2 Å². The second-order valence-electron chi connectivity index (χ2n) is 5.17. The summed E-state index contributed by atoms with van der Waals surface area (Å²) in [4.78, 5) is 40.1. The van der Waals surface area contributed by atoms with E-state index in [1.54, 1.807) is 19.1 Å². The Balaban J connectivity index is 2.30. The molecule has 0 saturated carbocycles. The van der Waals surface area contributed by atoms with E-state index < -0.39 is 22.4 Å². The van der Waals surface area contributed by atoms with Crippen LogP contribution in [0.3, 0.4) is 0 Å². The van der Waals surface area contributed by atoms with E-state index in [4.69, 9.17) is 5.11 Å². The molecule has 1 heterocycles. The van der Waals surface area contributed by atoms with Crippen molar-refractivity contribution in [2.24, 2.45) is 0 Å². The molecule has 1 aromatic heterocycles. The van der Waals surface area contributed by atoms with Crippen LogP contribution in [-0.2, 0) is 11.2 Å². The highest BCUT2D eigenvalue weighted by atomic mass is 16.6. The minimum Gasteiger partial charge on any atom is -0.481 e. The molecule has 8 heteroatoms. The molecule has 0 fully saturated rings. The quantitative estimate of drug-likeness (QED) is 0.639. The molecule has 120 valence electrons. The lowest BCUT2D eigenvalue weighted by atomic mass is 10.0. The summed E-state index contributed by atoms with van der Waals surface area (Å²) < 4.78 is 0. The van der Waals surface area contributed by atoms with Gasteiger partial charge in [0.15, 0.2) is 0 Å². The minimum atomic E-state index is -1.09. The van der Waals surface area contributed by atoms with E-state index in [9.17, 15) is 19.7 Å². The summed E-state index contributed by atoms with van der Waals surface area (Å²) in [5.74, 6) is -1.66. The molecule has 2 rings (SSSR count). The standard InChI is InChI=1S/C15H15N3O5/c1-8(15(20)21)13-9(2)16-12(17-14(13)19)7-10-3-5-11(6-4-10)18(22)23/h3-6,8H,7H2,1-2H3,(H,20,21)(H,16,17,19). The van der Waals surface area contributed by atoms with Gasteiger partial charge in [-0.15, -0.1) is 0 Å². The number of nitrogens with one attached hydrogen (secondary N) is 1. The summed E-state index contributed by atoms with van der Waals surface area (Å²) in [7, 11) is 0. The summed E-state index contributed by atoms with van der Waals surface area (Å²) in [5.41, 5.74) is 0.740. The first kappa shape index (κ1) is 16.3. The number of aromatic nitrogens is 2. The molecule has 0 spiro atoms. The lowest BCUT2D eigenvalue weighted by Gasteiger charge is -2.10. The number of carboxylic acids is 1. The summed E-state index contributed by atoms with van der Waals surface area (Å²) >= 11 is 0.